The Hall–Kier alpha value is -1.10. The van der Waals surface area contributed by atoms with E-state index in [1.165, 1.54) is 0 Å². The van der Waals surface area contributed by atoms with Crippen LogP contribution < -0.4 is 0 Å². The van der Waals surface area contributed by atoms with Crippen LogP contribution in [0.4, 0.5) is 0 Å². The predicted molar refractivity (Wildman–Crippen MR) is 80.6 cm³/mol. The molecule has 0 aliphatic carbocycles. The van der Waals surface area contributed by atoms with Gasteiger partial charge in [-0.15, -0.1) is 0 Å². The molecule has 0 aromatic carbocycles. The third-order valence-electron chi connectivity index (χ3n) is 4.67. The molecule has 120 valence electrons. The number of hydrogen-bond donors (Lipinski definition) is 1. The Morgan fingerprint density at radius 2 is 1.81 bits per heavy atom. The maximum absolute atomic E-state index is 12.7. The number of aliphatic hydroxyl groups is 1. The smallest absolute Gasteiger partial charge is 0.245 e. The third-order valence-corrected chi connectivity index (χ3v) is 4.67. The van der Waals surface area contributed by atoms with Gasteiger partial charge in [0.25, 0.3) is 0 Å². The monoisotopic (exact) mass is 296 g/mol. The molecule has 2 rings (SSSR count). The van der Waals surface area contributed by atoms with Crippen molar-refractivity contribution in [2.24, 2.45) is 11.3 Å². The van der Waals surface area contributed by atoms with Gasteiger partial charge in [-0.3, -0.25) is 9.59 Å². The van der Waals surface area contributed by atoms with E-state index in [4.69, 9.17) is 0 Å². The van der Waals surface area contributed by atoms with Crippen molar-refractivity contribution in [2.45, 2.75) is 59.1 Å². The molecule has 3 atom stereocenters. The van der Waals surface area contributed by atoms with Crippen LogP contribution in [0.25, 0.3) is 0 Å². The first-order valence-corrected chi connectivity index (χ1v) is 7.99. The molecule has 5 nitrogen and oxygen atoms in total. The Labute approximate surface area is 127 Å². The molecule has 5 heteroatoms. The molecular weight excluding hydrogens is 268 g/mol. The first kappa shape index (κ1) is 16.3. The average molecular weight is 296 g/mol. The lowest BCUT2D eigenvalue weighted by molar-refractivity contribution is -0.150. The van der Waals surface area contributed by atoms with Gasteiger partial charge < -0.3 is 14.9 Å². The van der Waals surface area contributed by atoms with Crippen molar-refractivity contribution in [3.63, 3.8) is 0 Å². The molecule has 0 spiro atoms. The highest BCUT2D eigenvalue weighted by Gasteiger charge is 2.41. The molecule has 2 heterocycles. The Morgan fingerprint density at radius 1 is 1.14 bits per heavy atom. The lowest BCUT2D eigenvalue weighted by Crippen LogP contribution is -2.54. The topological polar surface area (TPSA) is 60.9 Å². The minimum atomic E-state index is -0.460. The molecule has 1 N–H and O–H groups in total. The number of carbonyl (C=O) groups is 2. The maximum atomic E-state index is 12.7. The summed E-state index contributed by atoms with van der Waals surface area (Å²) in [6.07, 6.45) is 2.00. The Kier molecular flexibility index (Phi) is 4.61. The molecule has 2 amide bonds. The molecule has 0 saturated carbocycles. The van der Waals surface area contributed by atoms with Gasteiger partial charge in [-0.1, -0.05) is 27.7 Å². The average Bonchev–Trinajstić information content (AvgIpc) is 2.88. The number of piperidine rings is 1. The van der Waals surface area contributed by atoms with E-state index in [0.29, 0.717) is 19.6 Å². The number of aliphatic hydroxyl groups excluding tert-OH is 1. The van der Waals surface area contributed by atoms with Crippen LogP contribution in [0.3, 0.4) is 0 Å². The fourth-order valence-corrected chi connectivity index (χ4v) is 3.16. The number of nitrogens with zero attached hydrogens (tertiary/aromatic N) is 2. The fraction of sp³-hybridized carbons (Fsp3) is 0.875. The zero-order valence-corrected chi connectivity index (χ0v) is 13.6. The molecule has 0 aromatic rings. The number of β-amino-alcohol motifs (C(OH)–C–C–N with tert-alkyl or cyclic N) is 1. The Balaban J connectivity index is 2.06. The van der Waals surface area contributed by atoms with Crippen LogP contribution in [-0.2, 0) is 9.59 Å². The molecule has 3 unspecified atom stereocenters. The van der Waals surface area contributed by atoms with Crippen molar-refractivity contribution in [3.05, 3.63) is 0 Å². The van der Waals surface area contributed by atoms with Crippen LogP contribution in [0, 0.1) is 11.3 Å². The van der Waals surface area contributed by atoms with E-state index >= 15 is 0 Å². The highest BCUT2D eigenvalue weighted by molar-refractivity contribution is 5.90. The summed E-state index contributed by atoms with van der Waals surface area (Å²) in [5.74, 6) is 0.297. The van der Waals surface area contributed by atoms with Gasteiger partial charge in [0.15, 0.2) is 0 Å². The van der Waals surface area contributed by atoms with E-state index in [1.807, 2.05) is 27.7 Å². The van der Waals surface area contributed by atoms with E-state index in [2.05, 4.69) is 0 Å². The quantitative estimate of drug-likeness (QED) is 0.792. The SMILES string of the molecule is CC1CCN(C(=O)C2CCCN2C(=O)C(C)(C)C)CC1O. The number of likely N-dealkylation sites (tertiary alicyclic amines) is 2. The van der Waals surface area contributed by atoms with Gasteiger partial charge in [-0.25, -0.2) is 0 Å². The van der Waals surface area contributed by atoms with Crippen molar-refractivity contribution in [1.29, 1.82) is 0 Å². The van der Waals surface area contributed by atoms with E-state index in [-0.39, 0.29) is 23.8 Å². The molecule has 2 saturated heterocycles. The third kappa shape index (κ3) is 3.39. The maximum Gasteiger partial charge on any atom is 0.245 e. The summed E-state index contributed by atoms with van der Waals surface area (Å²) in [7, 11) is 0. The van der Waals surface area contributed by atoms with Crippen LogP contribution in [0.15, 0.2) is 0 Å². The van der Waals surface area contributed by atoms with Crippen LogP contribution in [0.2, 0.25) is 0 Å². The van der Waals surface area contributed by atoms with Crippen LogP contribution >= 0.6 is 0 Å². The van der Waals surface area contributed by atoms with Gasteiger partial charge in [-0.05, 0) is 25.2 Å². The molecule has 21 heavy (non-hydrogen) atoms. The Bertz CT molecular complexity index is 416. The summed E-state index contributed by atoms with van der Waals surface area (Å²) < 4.78 is 0. The molecule has 0 radical (unpaired) electrons. The van der Waals surface area contributed by atoms with Gasteiger partial charge in [0.1, 0.15) is 6.04 Å². The first-order chi connectivity index (χ1) is 9.71. The van der Waals surface area contributed by atoms with Crippen molar-refractivity contribution in [2.75, 3.05) is 19.6 Å². The van der Waals surface area contributed by atoms with Gasteiger partial charge in [0.05, 0.1) is 6.10 Å². The number of rotatable bonds is 1. The van der Waals surface area contributed by atoms with Crippen molar-refractivity contribution < 1.29 is 14.7 Å². The highest BCUT2D eigenvalue weighted by atomic mass is 16.3. The first-order valence-electron chi connectivity index (χ1n) is 7.99. The molecule has 2 aliphatic heterocycles. The normalized spacial score (nSPS) is 30.6. The molecule has 0 bridgehead atoms. The lowest BCUT2D eigenvalue weighted by Gasteiger charge is -2.38. The number of hydrogen-bond acceptors (Lipinski definition) is 3. The standard InChI is InChI=1S/C16H28N2O3/c1-11-7-9-17(10-13(11)19)14(20)12-6-5-8-18(12)15(21)16(2,3)4/h11-13,19H,5-10H2,1-4H3. The van der Waals surface area contributed by atoms with E-state index in [1.54, 1.807) is 9.80 Å². The summed E-state index contributed by atoms with van der Waals surface area (Å²) >= 11 is 0. The fourth-order valence-electron chi connectivity index (χ4n) is 3.16. The lowest BCUT2D eigenvalue weighted by atomic mass is 9.93. The van der Waals surface area contributed by atoms with Crippen LogP contribution in [0.1, 0.15) is 47.0 Å². The van der Waals surface area contributed by atoms with E-state index < -0.39 is 11.5 Å². The second-order valence-corrected chi connectivity index (χ2v) is 7.52. The second kappa shape index (κ2) is 5.95. The molecular formula is C16H28N2O3. The predicted octanol–water partition coefficient (Wildman–Crippen LogP) is 1.25. The summed E-state index contributed by atoms with van der Waals surface area (Å²) in [5.41, 5.74) is -0.460. The zero-order chi connectivity index (χ0) is 15.8. The number of carbonyl (C=O) groups excluding carboxylic acids is 2. The summed E-state index contributed by atoms with van der Waals surface area (Å²) in [6.45, 7) is 9.43. The minimum Gasteiger partial charge on any atom is -0.391 e. The van der Waals surface area contributed by atoms with Crippen molar-refractivity contribution >= 4 is 11.8 Å². The zero-order valence-electron chi connectivity index (χ0n) is 13.6. The largest absolute Gasteiger partial charge is 0.391 e. The van der Waals surface area contributed by atoms with Crippen molar-refractivity contribution in [3.8, 4) is 0 Å². The minimum absolute atomic E-state index is 0.0102. The van der Waals surface area contributed by atoms with Gasteiger partial charge in [-0.2, -0.15) is 0 Å². The van der Waals surface area contributed by atoms with E-state index in [9.17, 15) is 14.7 Å². The second-order valence-electron chi connectivity index (χ2n) is 7.52. The number of amides is 2. The van der Waals surface area contributed by atoms with Gasteiger partial charge >= 0.3 is 0 Å². The van der Waals surface area contributed by atoms with E-state index in [0.717, 1.165) is 19.3 Å². The van der Waals surface area contributed by atoms with Gasteiger partial charge in [0.2, 0.25) is 11.8 Å². The molecule has 2 fully saturated rings. The van der Waals surface area contributed by atoms with Gasteiger partial charge in [0, 0.05) is 25.0 Å². The highest BCUT2D eigenvalue weighted by Crippen LogP contribution is 2.27. The van der Waals surface area contributed by atoms with Crippen LogP contribution in [-0.4, -0.2) is 58.5 Å². The summed E-state index contributed by atoms with van der Waals surface area (Å²) in [4.78, 5) is 28.7. The Morgan fingerprint density at radius 3 is 2.38 bits per heavy atom. The molecule has 2 aliphatic rings. The van der Waals surface area contributed by atoms with Crippen molar-refractivity contribution in [1.82, 2.24) is 9.80 Å². The molecule has 0 aromatic heterocycles. The summed E-state index contributed by atoms with van der Waals surface area (Å²) in [5, 5.41) is 9.97. The van der Waals surface area contributed by atoms with Crippen LogP contribution in [0.5, 0.6) is 0 Å². The summed E-state index contributed by atoms with van der Waals surface area (Å²) in [6, 6.07) is -0.336.